The zero-order valence-corrected chi connectivity index (χ0v) is 11.9. The highest BCUT2D eigenvalue weighted by atomic mass is 16.5. The number of hydrogen-bond donors (Lipinski definition) is 1. The van der Waals surface area contributed by atoms with Crippen molar-refractivity contribution in [2.24, 2.45) is 0 Å². The summed E-state index contributed by atoms with van der Waals surface area (Å²) in [5.41, 5.74) is 3.27. The minimum atomic E-state index is 0.506. The molecule has 1 aliphatic rings. The van der Waals surface area contributed by atoms with Crippen molar-refractivity contribution in [3.63, 3.8) is 0 Å². The molecule has 1 atom stereocenters. The van der Waals surface area contributed by atoms with Crippen molar-refractivity contribution >= 4 is 0 Å². The van der Waals surface area contributed by atoms with E-state index in [0.29, 0.717) is 5.92 Å². The Labute approximate surface area is 119 Å². The lowest BCUT2D eigenvalue weighted by Crippen LogP contribution is -2.23. The van der Waals surface area contributed by atoms with Crippen LogP contribution in [0.15, 0.2) is 30.5 Å². The molecular weight excluding hydrogens is 250 g/mol. The van der Waals surface area contributed by atoms with Crippen LogP contribution in [0.4, 0.5) is 0 Å². The first-order valence-electron chi connectivity index (χ1n) is 7.00. The second kappa shape index (κ2) is 5.59. The summed E-state index contributed by atoms with van der Waals surface area (Å²) in [6, 6.07) is 8.26. The fourth-order valence-electron chi connectivity index (χ4n) is 2.76. The largest absolute Gasteiger partial charge is 0.493 e. The van der Waals surface area contributed by atoms with E-state index >= 15 is 0 Å². The molecule has 20 heavy (non-hydrogen) atoms. The first-order valence-corrected chi connectivity index (χ1v) is 7.00. The Kier molecular flexibility index (Phi) is 3.65. The molecule has 4 heteroatoms. The van der Waals surface area contributed by atoms with Crippen LogP contribution in [0.5, 0.6) is 5.75 Å². The second-order valence-corrected chi connectivity index (χ2v) is 5.10. The molecule has 1 aromatic heterocycles. The maximum Gasteiger partial charge on any atom is 0.132 e. The normalized spacial score (nSPS) is 17.4. The molecular formula is C16H19N3O. The minimum absolute atomic E-state index is 0.506. The monoisotopic (exact) mass is 269 g/mol. The lowest BCUT2D eigenvalue weighted by Gasteiger charge is -2.27. The molecule has 2 heterocycles. The van der Waals surface area contributed by atoms with Gasteiger partial charge in [0.25, 0.3) is 0 Å². The van der Waals surface area contributed by atoms with Gasteiger partial charge in [-0.25, -0.2) is 9.97 Å². The summed E-state index contributed by atoms with van der Waals surface area (Å²) in [7, 11) is 1.99. The SMILES string of the molecule is CNC[C@H]1CCOc2c(-c3ccnc(C)n3)cccc21. The van der Waals surface area contributed by atoms with Gasteiger partial charge in [-0.05, 0) is 38.1 Å². The van der Waals surface area contributed by atoms with Crippen LogP contribution in [-0.2, 0) is 0 Å². The van der Waals surface area contributed by atoms with Gasteiger partial charge in [-0.3, -0.25) is 0 Å². The predicted octanol–water partition coefficient (Wildman–Crippen LogP) is 2.54. The molecule has 1 aliphatic heterocycles. The predicted molar refractivity (Wildman–Crippen MR) is 79.0 cm³/mol. The number of hydrogen-bond acceptors (Lipinski definition) is 4. The van der Waals surface area contributed by atoms with Crippen molar-refractivity contribution in [1.29, 1.82) is 0 Å². The van der Waals surface area contributed by atoms with Gasteiger partial charge in [0.15, 0.2) is 0 Å². The summed E-state index contributed by atoms with van der Waals surface area (Å²) >= 11 is 0. The van der Waals surface area contributed by atoms with Gasteiger partial charge in [0, 0.05) is 24.2 Å². The van der Waals surface area contributed by atoms with Gasteiger partial charge in [0.1, 0.15) is 11.6 Å². The van der Waals surface area contributed by atoms with E-state index < -0.39 is 0 Å². The van der Waals surface area contributed by atoms with Crippen molar-refractivity contribution in [3.05, 3.63) is 41.9 Å². The van der Waals surface area contributed by atoms with E-state index in [1.165, 1.54) is 5.56 Å². The first-order chi connectivity index (χ1) is 9.79. The number of aromatic nitrogens is 2. The summed E-state index contributed by atoms with van der Waals surface area (Å²) in [5.74, 6) is 2.27. The van der Waals surface area contributed by atoms with E-state index in [2.05, 4.69) is 33.5 Å². The Hall–Kier alpha value is -1.94. The number of aryl methyl sites for hydroxylation is 1. The standard InChI is InChI=1S/C16H19N3O/c1-11-18-8-6-15(19-11)14-5-3-4-13-12(10-17-2)7-9-20-16(13)14/h3-6,8,12,17H,7,9-10H2,1-2H3/t12-/m1/s1. The van der Waals surface area contributed by atoms with Gasteiger partial charge in [-0.2, -0.15) is 0 Å². The molecule has 3 rings (SSSR count). The van der Waals surface area contributed by atoms with Crippen molar-refractivity contribution in [2.75, 3.05) is 20.2 Å². The van der Waals surface area contributed by atoms with Crippen molar-refractivity contribution in [1.82, 2.24) is 15.3 Å². The average Bonchev–Trinajstić information content (AvgIpc) is 2.47. The Balaban J connectivity index is 2.07. The molecule has 0 bridgehead atoms. The van der Waals surface area contributed by atoms with Crippen LogP contribution in [0.3, 0.4) is 0 Å². The lowest BCUT2D eigenvalue weighted by molar-refractivity contribution is 0.267. The van der Waals surface area contributed by atoms with Crippen LogP contribution in [-0.4, -0.2) is 30.2 Å². The molecule has 4 nitrogen and oxygen atoms in total. The maximum absolute atomic E-state index is 5.94. The van der Waals surface area contributed by atoms with Gasteiger partial charge in [0.2, 0.25) is 0 Å². The molecule has 0 spiro atoms. The van der Waals surface area contributed by atoms with Crippen LogP contribution >= 0.6 is 0 Å². The highest BCUT2D eigenvalue weighted by Gasteiger charge is 2.23. The van der Waals surface area contributed by atoms with Crippen LogP contribution in [0, 0.1) is 6.92 Å². The fraction of sp³-hybridized carbons (Fsp3) is 0.375. The van der Waals surface area contributed by atoms with Crippen molar-refractivity contribution < 1.29 is 4.74 Å². The Bertz CT molecular complexity index is 612. The molecule has 104 valence electrons. The van der Waals surface area contributed by atoms with E-state index in [1.807, 2.05) is 20.0 Å². The van der Waals surface area contributed by atoms with Crippen LogP contribution in [0.2, 0.25) is 0 Å². The topological polar surface area (TPSA) is 47.0 Å². The number of likely N-dealkylation sites (N-methyl/N-ethyl adjacent to an activating group) is 1. The Morgan fingerprint density at radius 2 is 2.25 bits per heavy atom. The van der Waals surface area contributed by atoms with E-state index in [9.17, 15) is 0 Å². The van der Waals surface area contributed by atoms with Crippen LogP contribution < -0.4 is 10.1 Å². The molecule has 0 saturated heterocycles. The van der Waals surface area contributed by atoms with E-state index in [4.69, 9.17) is 4.74 Å². The summed E-state index contributed by atoms with van der Waals surface area (Å²) in [6.45, 7) is 3.65. The third kappa shape index (κ3) is 2.39. The number of nitrogens with one attached hydrogen (secondary N) is 1. The number of rotatable bonds is 3. The lowest BCUT2D eigenvalue weighted by atomic mass is 9.90. The van der Waals surface area contributed by atoms with Gasteiger partial charge < -0.3 is 10.1 Å². The molecule has 0 saturated carbocycles. The molecule has 1 N–H and O–H groups in total. The average molecular weight is 269 g/mol. The van der Waals surface area contributed by atoms with Crippen LogP contribution in [0.25, 0.3) is 11.3 Å². The summed E-state index contributed by atoms with van der Waals surface area (Å²) in [5, 5.41) is 3.27. The highest BCUT2D eigenvalue weighted by Crippen LogP contribution is 2.40. The van der Waals surface area contributed by atoms with E-state index in [1.54, 1.807) is 6.20 Å². The van der Waals surface area contributed by atoms with Gasteiger partial charge in [0.05, 0.1) is 12.3 Å². The van der Waals surface area contributed by atoms with Gasteiger partial charge >= 0.3 is 0 Å². The number of nitrogens with zero attached hydrogens (tertiary/aromatic N) is 2. The van der Waals surface area contributed by atoms with E-state index in [0.717, 1.165) is 42.4 Å². The first kappa shape index (κ1) is 13.1. The number of ether oxygens (including phenoxy) is 1. The highest BCUT2D eigenvalue weighted by molar-refractivity contribution is 5.70. The minimum Gasteiger partial charge on any atom is -0.493 e. The molecule has 1 aromatic carbocycles. The Morgan fingerprint density at radius 1 is 1.35 bits per heavy atom. The van der Waals surface area contributed by atoms with Gasteiger partial charge in [-0.1, -0.05) is 12.1 Å². The summed E-state index contributed by atoms with van der Waals surface area (Å²) < 4.78 is 5.94. The molecule has 0 unspecified atom stereocenters. The summed E-state index contributed by atoms with van der Waals surface area (Å²) in [6.07, 6.45) is 2.85. The zero-order valence-electron chi connectivity index (χ0n) is 11.9. The second-order valence-electron chi connectivity index (χ2n) is 5.10. The maximum atomic E-state index is 5.94. The molecule has 0 amide bonds. The Morgan fingerprint density at radius 3 is 3.05 bits per heavy atom. The molecule has 0 aliphatic carbocycles. The quantitative estimate of drug-likeness (QED) is 0.930. The fourth-order valence-corrected chi connectivity index (χ4v) is 2.76. The summed E-state index contributed by atoms with van der Waals surface area (Å²) in [4.78, 5) is 8.68. The smallest absolute Gasteiger partial charge is 0.132 e. The molecule has 0 fully saturated rings. The number of para-hydroxylation sites is 1. The van der Waals surface area contributed by atoms with Gasteiger partial charge in [-0.15, -0.1) is 0 Å². The number of fused-ring (bicyclic) bond motifs is 1. The zero-order chi connectivity index (χ0) is 13.9. The molecule has 0 radical (unpaired) electrons. The third-order valence-corrected chi connectivity index (χ3v) is 3.70. The van der Waals surface area contributed by atoms with E-state index in [-0.39, 0.29) is 0 Å². The number of benzene rings is 1. The van der Waals surface area contributed by atoms with Crippen molar-refractivity contribution in [2.45, 2.75) is 19.3 Å². The molecule has 2 aromatic rings. The van der Waals surface area contributed by atoms with Crippen molar-refractivity contribution in [3.8, 4) is 17.0 Å². The third-order valence-electron chi connectivity index (χ3n) is 3.70. The van der Waals surface area contributed by atoms with Crippen LogP contribution in [0.1, 0.15) is 23.7 Å².